The van der Waals surface area contributed by atoms with Gasteiger partial charge in [0.05, 0.1) is 0 Å². The highest BCUT2D eigenvalue weighted by Gasteiger charge is 2.28. The van der Waals surface area contributed by atoms with Crippen molar-refractivity contribution in [2.24, 2.45) is 0 Å². The number of aromatic carboxylic acids is 1. The second kappa shape index (κ2) is 8.08. The van der Waals surface area contributed by atoms with Crippen molar-refractivity contribution in [2.75, 3.05) is 6.54 Å². The minimum Gasteiger partial charge on any atom is -0.477 e. The van der Waals surface area contributed by atoms with Gasteiger partial charge >= 0.3 is 5.97 Å². The largest absolute Gasteiger partial charge is 0.477 e. The first kappa shape index (κ1) is 18.0. The molecule has 1 N–H and O–H groups in total. The number of amides is 1. The molecule has 6 heteroatoms. The van der Waals surface area contributed by atoms with Gasteiger partial charge in [-0.15, -0.1) is 0 Å². The fraction of sp³-hybridized carbons (Fsp3) is 0.350. The number of hydrogen-bond donors (Lipinski definition) is 1. The molecule has 1 saturated carbocycles. The fourth-order valence-electron chi connectivity index (χ4n) is 3.43. The van der Waals surface area contributed by atoms with E-state index in [1.54, 1.807) is 17.0 Å². The van der Waals surface area contributed by atoms with E-state index in [4.69, 9.17) is 5.11 Å². The Hall–Kier alpha value is -2.76. The second-order valence-electron chi connectivity index (χ2n) is 6.53. The lowest BCUT2D eigenvalue weighted by Gasteiger charge is -2.29. The molecule has 1 heterocycles. The SMILES string of the molecule is O=C(O)c1cccc(C(=O)N(CCc2cccc(F)c2)C2CCCC2)n1. The summed E-state index contributed by atoms with van der Waals surface area (Å²) in [5, 5.41) is 9.10. The van der Waals surface area contributed by atoms with Gasteiger partial charge in [-0.1, -0.05) is 31.0 Å². The van der Waals surface area contributed by atoms with E-state index in [0.29, 0.717) is 13.0 Å². The molecule has 0 bridgehead atoms. The summed E-state index contributed by atoms with van der Waals surface area (Å²) in [7, 11) is 0. The highest BCUT2D eigenvalue weighted by atomic mass is 19.1. The molecule has 136 valence electrons. The van der Waals surface area contributed by atoms with Gasteiger partial charge in [0.1, 0.15) is 17.2 Å². The van der Waals surface area contributed by atoms with Gasteiger partial charge in [-0.25, -0.2) is 14.2 Å². The van der Waals surface area contributed by atoms with Gasteiger partial charge in [0, 0.05) is 12.6 Å². The fourth-order valence-corrected chi connectivity index (χ4v) is 3.43. The summed E-state index contributed by atoms with van der Waals surface area (Å²) in [6, 6.07) is 10.9. The van der Waals surface area contributed by atoms with Crippen LogP contribution in [0.3, 0.4) is 0 Å². The Morgan fingerprint density at radius 1 is 1.12 bits per heavy atom. The number of benzene rings is 1. The number of carbonyl (C=O) groups is 2. The quantitative estimate of drug-likeness (QED) is 0.859. The number of halogens is 1. The summed E-state index contributed by atoms with van der Waals surface area (Å²) in [4.78, 5) is 29.9. The third-order valence-corrected chi connectivity index (χ3v) is 4.74. The summed E-state index contributed by atoms with van der Waals surface area (Å²) >= 11 is 0. The minimum atomic E-state index is -1.16. The average Bonchev–Trinajstić information content (AvgIpc) is 3.16. The van der Waals surface area contributed by atoms with Crippen molar-refractivity contribution in [3.8, 4) is 0 Å². The van der Waals surface area contributed by atoms with Crippen LogP contribution >= 0.6 is 0 Å². The van der Waals surface area contributed by atoms with Crippen molar-refractivity contribution in [3.05, 3.63) is 65.2 Å². The Morgan fingerprint density at radius 2 is 1.81 bits per heavy atom. The van der Waals surface area contributed by atoms with Gasteiger partial charge in [-0.2, -0.15) is 0 Å². The molecule has 3 rings (SSSR count). The predicted octanol–water partition coefficient (Wildman–Crippen LogP) is 3.55. The number of nitrogens with zero attached hydrogens (tertiary/aromatic N) is 2. The summed E-state index contributed by atoms with van der Waals surface area (Å²) < 4.78 is 13.4. The van der Waals surface area contributed by atoms with E-state index in [0.717, 1.165) is 31.2 Å². The Labute approximate surface area is 151 Å². The molecule has 1 amide bonds. The van der Waals surface area contributed by atoms with E-state index >= 15 is 0 Å². The third kappa shape index (κ3) is 4.25. The summed E-state index contributed by atoms with van der Waals surface area (Å²) in [5.41, 5.74) is 0.816. The zero-order valence-electron chi connectivity index (χ0n) is 14.4. The molecular weight excluding hydrogens is 335 g/mol. The normalized spacial score (nSPS) is 14.3. The van der Waals surface area contributed by atoms with Crippen LogP contribution in [-0.4, -0.2) is 39.5 Å². The van der Waals surface area contributed by atoms with Crippen LogP contribution in [0.4, 0.5) is 4.39 Å². The first-order valence-electron chi connectivity index (χ1n) is 8.80. The van der Waals surface area contributed by atoms with Crippen LogP contribution in [0.15, 0.2) is 42.5 Å². The maximum Gasteiger partial charge on any atom is 0.354 e. The van der Waals surface area contributed by atoms with E-state index in [1.165, 1.54) is 24.3 Å². The van der Waals surface area contributed by atoms with Crippen LogP contribution in [0.5, 0.6) is 0 Å². The lowest BCUT2D eigenvalue weighted by atomic mass is 10.1. The number of aromatic nitrogens is 1. The van der Waals surface area contributed by atoms with Crippen LogP contribution < -0.4 is 0 Å². The molecule has 1 aliphatic rings. The van der Waals surface area contributed by atoms with Crippen molar-refractivity contribution in [3.63, 3.8) is 0 Å². The lowest BCUT2D eigenvalue weighted by Crippen LogP contribution is -2.40. The Morgan fingerprint density at radius 3 is 2.50 bits per heavy atom. The average molecular weight is 356 g/mol. The Bertz CT molecular complexity index is 803. The van der Waals surface area contributed by atoms with E-state index in [-0.39, 0.29) is 29.2 Å². The predicted molar refractivity (Wildman–Crippen MR) is 94.6 cm³/mol. The zero-order valence-corrected chi connectivity index (χ0v) is 14.4. The van der Waals surface area contributed by atoms with Crippen LogP contribution in [0, 0.1) is 5.82 Å². The van der Waals surface area contributed by atoms with Gasteiger partial charge in [-0.05, 0) is 49.1 Å². The summed E-state index contributed by atoms with van der Waals surface area (Å²) in [6.07, 6.45) is 4.52. The van der Waals surface area contributed by atoms with E-state index in [9.17, 15) is 14.0 Å². The second-order valence-corrected chi connectivity index (χ2v) is 6.53. The Kier molecular flexibility index (Phi) is 5.61. The maximum absolute atomic E-state index is 13.4. The highest BCUT2D eigenvalue weighted by Crippen LogP contribution is 2.25. The topological polar surface area (TPSA) is 70.5 Å². The van der Waals surface area contributed by atoms with Crippen LogP contribution in [0.25, 0.3) is 0 Å². The van der Waals surface area contributed by atoms with Crippen molar-refractivity contribution >= 4 is 11.9 Å². The molecule has 0 saturated heterocycles. The zero-order chi connectivity index (χ0) is 18.5. The van der Waals surface area contributed by atoms with Crippen molar-refractivity contribution in [1.29, 1.82) is 0 Å². The van der Waals surface area contributed by atoms with Crippen molar-refractivity contribution in [2.45, 2.75) is 38.1 Å². The molecule has 0 radical (unpaired) electrons. The smallest absolute Gasteiger partial charge is 0.354 e. The number of carboxylic acids is 1. The molecule has 26 heavy (non-hydrogen) atoms. The number of carboxylic acid groups (broad SMARTS) is 1. The molecule has 0 aliphatic heterocycles. The molecule has 1 aromatic heterocycles. The standard InChI is InChI=1S/C20H21FN2O3/c21-15-6-3-5-14(13-15)11-12-23(16-7-1-2-8-16)19(24)17-9-4-10-18(22-17)20(25)26/h3-6,9-10,13,16H,1-2,7-8,11-12H2,(H,25,26). The monoisotopic (exact) mass is 356 g/mol. The van der Waals surface area contributed by atoms with Gasteiger partial charge in [0.15, 0.2) is 0 Å². The molecule has 0 atom stereocenters. The number of hydrogen-bond acceptors (Lipinski definition) is 3. The summed E-state index contributed by atoms with van der Waals surface area (Å²) in [6.45, 7) is 0.450. The molecular formula is C20H21FN2O3. The van der Waals surface area contributed by atoms with E-state index in [2.05, 4.69) is 4.98 Å². The minimum absolute atomic E-state index is 0.117. The maximum atomic E-state index is 13.4. The van der Waals surface area contributed by atoms with Gasteiger partial charge in [0.25, 0.3) is 5.91 Å². The molecule has 1 fully saturated rings. The first-order chi connectivity index (χ1) is 12.5. The van der Waals surface area contributed by atoms with Crippen molar-refractivity contribution < 1.29 is 19.1 Å². The summed E-state index contributed by atoms with van der Waals surface area (Å²) in [5.74, 6) is -1.72. The van der Waals surface area contributed by atoms with Crippen LogP contribution in [0.1, 0.15) is 52.2 Å². The molecule has 1 aromatic carbocycles. The molecule has 2 aromatic rings. The van der Waals surface area contributed by atoms with Gasteiger partial charge in [0.2, 0.25) is 0 Å². The third-order valence-electron chi connectivity index (χ3n) is 4.74. The van der Waals surface area contributed by atoms with E-state index in [1.807, 2.05) is 6.07 Å². The number of carbonyl (C=O) groups excluding carboxylic acids is 1. The first-order valence-corrected chi connectivity index (χ1v) is 8.80. The molecule has 0 unspecified atom stereocenters. The van der Waals surface area contributed by atoms with Crippen LogP contribution in [-0.2, 0) is 6.42 Å². The molecule has 1 aliphatic carbocycles. The van der Waals surface area contributed by atoms with Crippen molar-refractivity contribution in [1.82, 2.24) is 9.88 Å². The van der Waals surface area contributed by atoms with E-state index < -0.39 is 5.97 Å². The molecule has 5 nitrogen and oxygen atoms in total. The van der Waals surface area contributed by atoms with Gasteiger partial charge in [-0.3, -0.25) is 4.79 Å². The number of rotatable bonds is 6. The number of pyridine rings is 1. The highest BCUT2D eigenvalue weighted by molar-refractivity contribution is 5.94. The lowest BCUT2D eigenvalue weighted by molar-refractivity contribution is 0.0675. The molecule has 0 spiro atoms. The Balaban J connectivity index is 1.80. The van der Waals surface area contributed by atoms with Gasteiger partial charge < -0.3 is 10.0 Å². The van der Waals surface area contributed by atoms with Crippen LogP contribution in [0.2, 0.25) is 0 Å².